The quantitative estimate of drug-likeness (QED) is 0.664. The summed E-state index contributed by atoms with van der Waals surface area (Å²) in [6, 6.07) is 5.97. The fourth-order valence-electron chi connectivity index (χ4n) is 1.35. The number of rotatable bonds is 3. The molecule has 1 aromatic carbocycles. The summed E-state index contributed by atoms with van der Waals surface area (Å²) in [5.74, 6) is 0. The first kappa shape index (κ1) is 10.0. The van der Waals surface area contributed by atoms with Gasteiger partial charge in [0.2, 0.25) is 0 Å². The van der Waals surface area contributed by atoms with Crippen molar-refractivity contribution >= 4 is 34.0 Å². The highest BCUT2D eigenvalue weighted by molar-refractivity contribution is 14.1. The molecule has 3 N–H and O–H groups in total. The van der Waals surface area contributed by atoms with Gasteiger partial charge in [0.15, 0.2) is 0 Å². The van der Waals surface area contributed by atoms with Crippen LogP contribution in [0.5, 0.6) is 0 Å². The van der Waals surface area contributed by atoms with E-state index in [-0.39, 0.29) is 0 Å². The molecule has 3 nitrogen and oxygen atoms in total. The molecule has 0 spiro atoms. The van der Waals surface area contributed by atoms with Gasteiger partial charge in [0.25, 0.3) is 0 Å². The molecule has 1 fully saturated rings. The van der Waals surface area contributed by atoms with E-state index in [9.17, 15) is 0 Å². The fraction of sp³-hybridized carbons (Fsp3) is 0.400. The van der Waals surface area contributed by atoms with E-state index in [1.807, 2.05) is 12.1 Å². The number of hydrogen-bond acceptors (Lipinski definition) is 3. The third kappa shape index (κ3) is 2.30. The average molecular weight is 304 g/mol. The first-order chi connectivity index (χ1) is 6.75. The van der Waals surface area contributed by atoms with Gasteiger partial charge in [-0.1, -0.05) is 0 Å². The Balaban J connectivity index is 1.96. The summed E-state index contributed by atoms with van der Waals surface area (Å²) in [5.41, 5.74) is 7.63. The molecule has 1 heterocycles. The van der Waals surface area contributed by atoms with Gasteiger partial charge in [-0.15, -0.1) is 0 Å². The van der Waals surface area contributed by atoms with E-state index >= 15 is 0 Å². The maximum absolute atomic E-state index is 5.83. The highest BCUT2D eigenvalue weighted by atomic mass is 127. The molecule has 0 saturated carbocycles. The van der Waals surface area contributed by atoms with E-state index in [0.29, 0.717) is 6.10 Å². The standard InChI is InChI=1S/C10H13IN2O/c11-7-1-2-9(12)10(5-7)13-6-8-3-4-14-8/h1-2,5,8,13H,3-4,6,12H2/t8-/m0/s1. The minimum absolute atomic E-state index is 0.368. The molecule has 14 heavy (non-hydrogen) atoms. The zero-order valence-electron chi connectivity index (χ0n) is 7.79. The van der Waals surface area contributed by atoms with Gasteiger partial charge in [0.05, 0.1) is 17.5 Å². The van der Waals surface area contributed by atoms with Crippen LogP contribution in [-0.4, -0.2) is 19.3 Å². The van der Waals surface area contributed by atoms with Crippen LogP contribution in [0.25, 0.3) is 0 Å². The summed E-state index contributed by atoms with van der Waals surface area (Å²) in [7, 11) is 0. The summed E-state index contributed by atoms with van der Waals surface area (Å²) in [4.78, 5) is 0. The van der Waals surface area contributed by atoms with Gasteiger partial charge in [0, 0.05) is 16.7 Å². The molecule has 2 rings (SSSR count). The van der Waals surface area contributed by atoms with Crippen LogP contribution in [0.3, 0.4) is 0 Å². The van der Waals surface area contributed by atoms with Crippen LogP contribution >= 0.6 is 22.6 Å². The second-order valence-electron chi connectivity index (χ2n) is 3.39. The lowest BCUT2D eigenvalue weighted by molar-refractivity contribution is -0.0410. The number of ether oxygens (including phenoxy) is 1. The van der Waals surface area contributed by atoms with Crippen LogP contribution in [-0.2, 0) is 4.74 Å². The normalized spacial score (nSPS) is 20.2. The van der Waals surface area contributed by atoms with Gasteiger partial charge >= 0.3 is 0 Å². The second-order valence-corrected chi connectivity index (χ2v) is 4.64. The molecule has 1 aliphatic heterocycles. The lowest BCUT2D eigenvalue weighted by Crippen LogP contribution is -2.33. The molecule has 1 saturated heterocycles. The Morgan fingerprint density at radius 2 is 2.36 bits per heavy atom. The van der Waals surface area contributed by atoms with Crippen molar-refractivity contribution in [3.63, 3.8) is 0 Å². The molecule has 0 amide bonds. The molecular weight excluding hydrogens is 291 g/mol. The predicted molar refractivity (Wildman–Crippen MR) is 66.4 cm³/mol. The number of nitrogens with one attached hydrogen (secondary N) is 1. The fourth-order valence-corrected chi connectivity index (χ4v) is 1.84. The zero-order valence-corrected chi connectivity index (χ0v) is 9.95. The van der Waals surface area contributed by atoms with Gasteiger partial charge in [-0.2, -0.15) is 0 Å². The number of anilines is 2. The Bertz CT molecular complexity index is 326. The van der Waals surface area contributed by atoms with Crippen LogP contribution < -0.4 is 11.1 Å². The second kappa shape index (κ2) is 4.35. The van der Waals surface area contributed by atoms with Crippen molar-refractivity contribution in [2.75, 3.05) is 24.2 Å². The lowest BCUT2D eigenvalue weighted by atomic mass is 10.2. The molecule has 1 atom stereocenters. The average Bonchev–Trinajstić information content (AvgIpc) is 2.08. The van der Waals surface area contributed by atoms with E-state index < -0.39 is 0 Å². The molecule has 0 bridgehead atoms. The Morgan fingerprint density at radius 1 is 1.57 bits per heavy atom. The minimum Gasteiger partial charge on any atom is -0.397 e. The maximum atomic E-state index is 5.83. The molecule has 0 radical (unpaired) electrons. The monoisotopic (exact) mass is 304 g/mol. The third-order valence-electron chi connectivity index (χ3n) is 2.33. The van der Waals surface area contributed by atoms with Crippen LogP contribution in [0.15, 0.2) is 18.2 Å². The van der Waals surface area contributed by atoms with E-state index in [1.54, 1.807) is 0 Å². The number of benzene rings is 1. The molecule has 76 valence electrons. The topological polar surface area (TPSA) is 47.3 Å². The van der Waals surface area contributed by atoms with Gasteiger partial charge in [-0.25, -0.2) is 0 Å². The smallest absolute Gasteiger partial charge is 0.0769 e. The van der Waals surface area contributed by atoms with Crippen LogP contribution in [0, 0.1) is 3.57 Å². The van der Waals surface area contributed by atoms with Gasteiger partial charge in [0.1, 0.15) is 0 Å². The minimum atomic E-state index is 0.368. The van der Waals surface area contributed by atoms with Gasteiger partial charge < -0.3 is 15.8 Å². The molecule has 0 aliphatic carbocycles. The van der Waals surface area contributed by atoms with Crippen LogP contribution in [0.4, 0.5) is 11.4 Å². The molecule has 0 unspecified atom stereocenters. The number of nitrogens with two attached hydrogens (primary N) is 1. The van der Waals surface area contributed by atoms with Crippen molar-refractivity contribution in [1.82, 2.24) is 0 Å². The number of halogens is 1. The summed E-state index contributed by atoms with van der Waals surface area (Å²) >= 11 is 2.28. The zero-order chi connectivity index (χ0) is 9.97. The molecule has 1 aromatic rings. The molecule has 4 heteroatoms. The van der Waals surface area contributed by atoms with Crippen molar-refractivity contribution < 1.29 is 4.74 Å². The van der Waals surface area contributed by atoms with Crippen molar-refractivity contribution in [2.24, 2.45) is 0 Å². The molecule has 0 aromatic heterocycles. The lowest BCUT2D eigenvalue weighted by Gasteiger charge is -2.27. The SMILES string of the molecule is Nc1ccc(I)cc1NC[C@@H]1CCO1. The van der Waals surface area contributed by atoms with Crippen molar-refractivity contribution in [2.45, 2.75) is 12.5 Å². The first-order valence-corrected chi connectivity index (χ1v) is 5.74. The van der Waals surface area contributed by atoms with Crippen LogP contribution in [0.2, 0.25) is 0 Å². The summed E-state index contributed by atoms with van der Waals surface area (Å²) in [6.07, 6.45) is 1.52. The number of hydrogen-bond donors (Lipinski definition) is 2. The summed E-state index contributed by atoms with van der Waals surface area (Å²) < 4.78 is 6.51. The predicted octanol–water partition coefficient (Wildman–Crippen LogP) is 2.07. The Kier molecular flexibility index (Phi) is 3.12. The van der Waals surface area contributed by atoms with E-state index in [4.69, 9.17) is 10.5 Å². The van der Waals surface area contributed by atoms with Crippen LogP contribution in [0.1, 0.15) is 6.42 Å². The summed E-state index contributed by atoms with van der Waals surface area (Å²) in [5, 5.41) is 3.30. The van der Waals surface area contributed by atoms with Crippen molar-refractivity contribution in [3.05, 3.63) is 21.8 Å². The van der Waals surface area contributed by atoms with Crippen molar-refractivity contribution in [1.29, 1.82) is 0 Å². The highest BCUT2D eigenvalue weighted by Crippen LogP contribution is 2.22. The third-order valence-corrected chi connectivity index (χ3v) is 3.00. The van der Waals surface area contributed by atoms with Gasteiger partial charge in [-0.3, -0.25) is 0 Å². The van der Waals surface area contributed by atoms with E-state index in [1.165, 1.54) is 3.57 Å². The Morgan fingerprint density at radius 3 is 3.00 bits per heavy atom. The molecule has 1 aliphatic rings. The maximum Gasteiger partial charge on any atom is 0.0769 e. The first-order valence-electron chi connectivity index (χ1n) is 4.66. The van der Waals surface area contributed by atoms with E-state index in [2.05, 4.69) is 34.0 Å². The van der Waals surface area contributed by atoms with E-state index in [0.717, 1.165) is 30.9 Å². The molecular formula is C10H13IN2O. The van der Waals surface area contributed by atoms with Crippen molar-refractivity contribution in [3.8, 4) is 0 Å². The highest BCUT2D eigenvalue weighted by Gasteiger charge is 2.17. The van der Waals surface area contributed by atoms with Gasteiger partial charge in [-0.05, 0) is 47.2 Å². The Hall–Kier alpha value is -0.490. The summed E-state index contributed by atoms with van der Waals surface area (Å²) in [6.45, 7) is 1.75. The largest absolute Gasteiger partial charge is 0.397 e. The number of nitrogen functional groups attached to an aromatic ring is 1. The Labute approximate surface area is 97.2 Å².